The molecule has 15 heavy (non-hydrogen) atoms. The first-order valence-corrected chi connectivity index (χ1v) is 5.14. The summed E-state index contributed by atoms with van der Waals surface area (Å²) in [5, 5.41) is 3.28. The molecule has 1 aliphatic rings. The molecule has 1 aromatic rings. The molecule has 0 aromatic heterocycles. The fourth-order valence-electron chi connectivity index (χ4n) is 1.55. The molecular formula is C11H16N4. The number of nitrogen functional groups attached to an aromatic ring is 1. The Bertz CT molecular complexity index is 355. The van der Waals surface area contributed by atoms with Crippen LogP contribution in [-0.4, -0.2) is 31.0 Å². The van der Waals surface area contributed by atoms with E-state index in [1.807, 2.05) is 31.3 Å². The minimum atomic E-state index is 0.777. The zero-order valence-electron chi connectivity index (χ0n) is 8.90. The van der Waals surface area contributed by atoms with Gasteiger partial charge in [0.05, 0.1) is 0 Å². The van der Waals surface area contributed by atoms with Crippen LogP contribution in [0.25, 0.3) is 0 Å². The first-order valence-electron chi connectivity index (χ1n) is 5.14. The number of hydrogen-bond donors (Lipinski definition) is 2. The molecule has 0 atom stereocenters. The summed E-state index contributed by atoms with van der Waals surface area (Å²) < 4.78 is 0. The van der Waals surface area contributed by atoms with E-state index in [0.717, 1.165) is 36.8 Å². The zero-order chi connectivity index (χ0) is 10.7. The smallest absolute Gasteiger partial charge is 0.198 e. The quantitative estimate of drug-likeness (QED) is 0.679. The second kappa shape index (κ2) is 4.21. The van der Waals surface area contributed by atoms with Crippen LogP contribution in [0.3, 0.4) is 0 Å². The maximum atomic E-state index is 5.62. The number of guanidine groups is 1. The molecule has 0 bridgehead atoms. The number of hydrogen-bond acceptors (Lipinski definition) is 4. The van der Waals surface area contributed by atoms with Crippen LogP contribution >= 0.6 is 0 Å². The van der Waals surface area contributed by atoms with Gasteiger partial charge in [-0.3, -0.25) is 4.99 Å². The molecule has 0 amide bonds. The summed E-state index contributed by atoms with van der Waals surface area (Å²) in [6.45, 7) is 1.96. The van der Waals surface area contributed by atoms with Crippen molar-refractivity contribution >= 4 is 17.3 Å². The average Bonchev–Trinajstić information content (AvgIpc) is 2.25. The highest BCUT2D eigenvalue weighted by Gasteiger charge is 2.10. The minimum absolute atomic E-state index is 0.777. The molecule has 0 saturated heterocycles. The van der Waals surface area contributed by atoms with E-state index in [2.05, 4.69) is 15.2 Å². The van der Waals surface area contributed by atoms with Crippen molar-refractivity contribution in [2.24, 2.45) is 4.99 Å². The van der Waals surface area contributed by atoms with Crippen LogP contribution in [-0.2, 0) is 0 Å². The maximum absolute atomic E-state index is 5.62. The highest BCUT2D eigenvalue weighted by molar-refractivity contribution is 5.93. The van der Waals surface area contributed by atoms with E-state index in [0.29, 0.717) is 0 Å². The first kappa shape index (κ1) is 9.83. The lowest BCUT2D eigenvalue weighted by Crippen LogP contribution is -2.37. The molecule has 0 aliphatic carbocycles. The molecule has 0 saturated carbocycles. The van der Waals surface area contributed by atoms with Gasteiger partial charge in [0.25, 0.3) is 0 Å². The Morgan fingerprint density at radius 2 is 2.07 bits per heavy atom. The van der Waals surface area contributed by atoms with Crippen LogP contribution in [0, 0.1) is 0 Å². The zero-order valence-corrected chi connectivity index (χ0v) is 8.90. The van der Waals surface area contributed by atoms with E-state index in [9.17, 15) is 0 Å². The van der Waals surface area contributed by atoms with Crippen LogP contribution in [0.5, 0.6) is 0 Å². The predicted octanol–water partition coefficient (Wildman–Crippen LogP) is 1.37. The van der Waals surface area contributed by atoms with E-state index < -0.39 is 0 Å². The van der Waals surface area contributed by atoms with E-state index in [1.54, 1.807) is 0 Å². The van der Waals surface area contributed by atoms with Gasteiger partial charge in [-0.1, -0.05) is 0 Å². The van der Waals surface area contributed by atoms with Gasteiger partial charge >= 0.3 is 0 Å². The summed E-state index contributed by atoms with van der Waals surface area (Å²) in [5.74, 6) is 0.936. The summed E-state index contributed by atoms with van der Waals surface area (Å²) >= 11 is 0. The van der Waals surface area contributed by atoms with Crippen molar-refractivity contribution in [3.63, 3.8) is 0 Å². The normalized spacial score (nSPS) is 16.1. The first-order chi connectivity index (χ1) is 7.25. The lowest BCUT2D eigenvalue weighted by atomic mass is 10.3. The lowest BCUT2D eigenvalue weighted by molar-refractivity contribution is 0.466. The van der Waals surface area contributed by atoms with Crippen molar-refractivity contribution in [1.29, 1.82) is 0 Å². The van der Waals surface area contributed by atoms with Crippen molar-refractivity contribution < 1.29 is 0 Å². The largest absolute Gasteiger partial charge is 0.399 e. The molecule has 1 aliphatic heterocycles. The Labute approximate surface area is 89.8 Å². The van der Waals surface area contributed by atoms with Gasteiger partial charge in [0, 0.05) is 31.5 Å². The third-order valence-electron chi connectivity index (χ3n) is 2.44. The molecule has 1 aromatic carbocycles. The van der Waals surface area contributed by atoms with Gasteiger partial charge < -0.3 is 16.0 Å². The molecule has 1 heterocycles. The lowest BCUT2D eigenvalue weighted by Gasteiger charge is -2.25. The molecule has 0 radical (unpaired) electrons. The van der Waals surface area contributed by atoms with Crippen LogP contribution in [0.4, 0.5) is 11.4 Å². The van der Waals surface area contributed by atoms with Crippen molar-refractivity contribution in [2.45, 2.75) is 6.42 Å². The fourth-order valence-corrected chi connectivity index (χ4v) is 1.55. The summed E-state index contributed by atoms with van der Waals surface area (Å²) in [5.41, 5.74) is 7.42. The van der Waals surface area contributed by atoms with Gasteiger partial charge in [-0.15, -0.1) is 0 Å². The van der Waals surface area contributed by atoms with E-state index in [4.69, 9.17) is 5.73 Å². The summed E-state index contributed by atoms with van der Waals surface area (Å²) in [6.07, 6.45) is 1.13. The molecule has 0 spiro atoms. The number of rotatable bonds is 1. The molecule has 0 fully saturated rings. The topological polar surface area (TPSA) is 53.6 Å². The fraction of sp³-hybridized carbons (Fsp3) is 0.364. The average molecular weight is 204 g/mol. The second-order valence-corrected chi connectivity index (χ2v) is 3.73. The molecule has 3 N–H and O–H groups in total. The van der Waals surface area contributed by atoms with E-state index in [1.165, 1.54) is 0 Å². The van der Waals surface area contributed by atoms with Gasteiger partial charge in [0.15, 0.2) is 5.96 Å². The van der Waals surface area contributed by atoms with Gasteiger partial charge in [0.2, 0.25) is 0 Å². The number of aliphatic imine (C=N–C) groups is 1. The van der Waals surface area contributed by atoms with Gasteiger partial charge in [-0.2, -0.15) is 0 Å². The Morgan fingerprint density at radius 3 is 2.73 bits per heavy atom. The van der Waals surface area contributed by atoms with Crippen molar-refractivity contribution in [3.05, 3.63) is 24.3 Å². The molecule has 4 heteroatoms. The van der Waals surface area contributed by atoms with Crippen molar-refractivity contribution in [1.82, 2.24) is 4.90 Å². The highest BCUT2D eigenvalue weighted by Crippen LogP contribution is 2.12. The standard InChI is InChI=1S/C11H16N4/c1-15-8-2-7-13-11(15)14-10-5-3-9(12)4-6-10/h3-6H,2,7-8,12H2,1H3,(H,13,14). The minimum Gasteiger partial charge on any atom is -0.399 e. The van der Waals surface area contributed by atoms with Gasteiger partial charge in [0.1, 0.15) is 0 Å². The Hall–Kier alpha value is -1.71. The number of nitrogens with one attached hydrogen (secondary N) is 1. The predicted molar refractivity (Wildman–Crippen MR) is 64.0 cm³/mol. The summed E-state index contributed by atoms with van der Waals surface area (Å²) in [6, 6.07) is 7.68. The maximum Gasteiger partial charge on any atom is 0.198 e. The second-order valence-electron chi connectivity index (χ2n) is 3.73. The van der Waals surface area contributed by atoms with Crippen LogP contribution in [0.2, 0.25) is 0 Å². The third-order valence-corrected chi connectivity index (χ3v) is 2.44. The number of benzene rings is 1. The Morgan fingerprint density at radius 1 is 1.33 bits per heavy atom. The third kappa shape index (κ3) is 2.40. The van der Waals surface area contributed by atoms with Crippen LogP contribution in [0.1, 0.15) is 6.42 Å². The Balaban J connectivity index is 2.08. The van der Waals surface area contributed by atoms with Crippen molar-refractivity contribution in [2.75, 3.05) is 31.2 Å². The monoisotopic (exact) mass is 204 g/mol. The number of nitrogens with two attached hydrogens (primary N) is 1. The molecule has 80 valence electrons. The van der Waals surface area contributed by atoms with Crippen molar-refractivity contribution in [3.8, 4) is 0 Å². The van der Waals surface area contributed by atoms with E-state index >= 15 is 0 Å². The number of nitrogens with zero attached hydrogens (tertiary/aromatic N) is 2. The molecule has 4 nitrogen and oxygen atoms in total. The highest BCUT2D eigenvalue weighted by atomic mass is 15.3. The van der Waals surface area contributed by atoms with Gasteiger partial charge in [-0.25, -0.2) is 0 Å². The van der Waals surface area contributed by atoms with Crippen LogP contribution < -0.4 is 11.1 Å². The summed E-state index contributed by atoms with van der Waals surface area (Å²) in [7, 11) is 2.04. The molecule has 2 rings (SSSR count). The number of anilines is 2. The molecular weight excluding hydrogens is 188 g/mol. The SMILES string of the molecule is CN1CCCN=C1Nc1ccc(N)cc1. The molecule has 0 unspecified atom stereocenters. The van der Waals surface area contributed by atoms with Gasteiger partial charge in [-0.05, 0) is 30.7 Å². The summed E-state index contributed by atoms with van der Waals surface area (Å²) in [4.78, 5) is 6.55. The van der Waals surface area contributed by atoms with E-state index in [-0.39, 0.29) is 0 Å². The van der Waals surface area contributed by atoms with Crippen LogP contribution in [0.15, 0.2) is 29.3 Å². The Kier molecular flexibility index (Phi) is 2.76.